The number of rotatable bonds is 7. The highest BCUT2D eigenvalue weighted by Gasteiger charge is 2.45. The lowest BCUT2D eigenvalue weighted by molar-refractivity contribution is -0.124. The quantitative estimate of drug-likeness (QED) is 0.449. The van der Waals surface area contributed by atoms with Gasteiger partial charge in [-0.2, -0.15) is 0 Å². The molecule has 0 aromatic heterocycles. The Hall–Kier alpha value is -4.02. The van der Waals surface area contributed by atoms with E-state index in [0.29, 0.717) is 22.1 Å². The second kappa shape index (κ2) is 10.7. The Balaban J connectivity index is 1.58. The van der Waals surface area contributed by atoms with Crippen LogP contribution in [0.3, 0.4) is 0 Å². The van der Waals surface area contributed by atoms with E-state index in [9.17, 15) is 18.8 Å². The average Bonchev–Trinajstić information content (AvgIpc) is 3.09. The Morgan fingerprint density at radius 3 is 2.42 bits per heavy atom. The fourth-order valence-electron chi connectivity index (χ4n) is 3.59. The molecule has 11 heteroatoms. The number of carbonyl (C=O) groups excluding carboxylic acids is 3. The molecule has 0 aliphatic carbocycles. The van der Waals surface area contributed by atoms with Crippen molar-refractivity contribution in [3.05, 3.63) is 89.2 Å². The average molecular weight is 527 g/mol. The predicted molar refractivity (Wildman–Crippen MR) is 137 cm³/mol. The first kappa shape index (κ1) is 25.1. The molecule has 184 valence electrons. The zero-order valence-electron chi connectivity index (χ0n) is 18.9. The van der Waals surface area contributed by atoms with Gasteiger partial charge in [0.25, 0.3) is 11.8 Å². The van der Waals surface area contributed by atoms with Crippen molar-refractivity contribution in [2.45, 2.75) is 12.5 Å². The summed E-state index contributed by atoms with van der Waals surface area (Å²) in [5.41, 5.74) is 3.49. The van der Waals surface area contributed by atoms with E-state index in [-0.39, 0.29) is 17.1 Å². The van der Waals surface area contributed by atoms with Crippen LogP contribution in [0.25, 0.3) is 0 Å². The number of nitrogens with one attached hydrogen (secondary N) is 2. The first-order valence-electron chi connectivity index (χ1n) is 10.7. The lowest BCUT2D eigenvalue weighted by Crippen LogP contribution is -2.49. The summed E-state index contributed by atoms with van der Waals surface area (Å²) >= 11 is 11.5. The number of halogens is 2. The van der Waals surface area contributed by atoms with Crippen LogP contribution < -0.4 is 20.4 Å². The molecular formula is C25H20ClFN4O4S. The number of thiocarbonyl (C=S) groups is 1. The summed E-state index contributed by atoms with van der Waals surface area (Å²) in [5, 5.41) is 4.28. The van der Waals surface area contributed by atoms with Crippen LogP contribution in [-0.2, 0) is 9.59 Å². The molecule has 1 fully saturated rings. The van der Waals surface area contributed by atoms with Gasteiger partial charge in [0, 0.05) is 16.3 Å². The number of nitrogens with zero attached hydrogens (tertiary/aromatic N) is 2. The number of methoxy groups -OCH3 is 1. The summed E-state index contributed by atoms with van der Waals surface area (Å²) < 4.78 is 18.8. The van der Waals surface area contributed by atoms with Gasteiger partial charge in [-0.1, -0.05) is 17.7 Å². The Kier molecular flexibility index (Phi) is 7.47. The van der Waals surface area contributed by atoms with Gasteiger partial charge in [0.05, 0.1) is 19.2 Å². The van der Waals surface area contributed by atoms with Gasteiger partial charge in [0.15, 0.2) is 0 Å². The molecule has 0 spiro atoms. The normalized spacial score (nSPS) is 15.1. The molecule has 0 radical (unpaired) electrons. The van der Waals surface area contributed by atoms with Gasteiger partial charge < -0.3 is 10.1 Å². The number of amides is 3. The molecule has 2 N–H and O–H groups in total. The third-order valence-electron chi connectivity index (χ3n) is 5.36. The van der Waals surface area contributed by atoms with Crippen LogP contribution in [0.2, 0.25) is 5.02 Å². The molecule has 8 nitrogen and oxygen atoms in total. The molecule has 0 saturated carbocycles. The summed E-state index contributed by atoms with van der Waals surface area (Å²) in [6, 6.07) is 17.0. The summed E-state index contributed by atoms with van der Waals surface area (Å²) in [6.45, 7) is 0. The number of ether oxygens (including phenoxy) is 1. The minimum absolute atomic E-state index is 0.0247. The first-order chi connectivity index (χ1) is 17.3. The van der Waals surface area contributed by atoms with Crippen LogP contribution in [0.15, 0.2) is 72.8 Å². The monoisotopic (exact) mass is 526 g/mol. The SMILES string of the molecule is COc1ccc(NC(=O)C[C@@H]2C(=O)N(c3ccc(Cl)cc3)C(=S)N2NC(=O)c2cccc(F)c2)cc1. The van der Waals surface area contributed by atoms with E-state index < -0.39 is 29.6 Å². The second-order valence-electron chi connectivity index (χ2n) is 7.75. The summed E-state index contributed by atoms with van der Waals surface area (Å²) in [6.07, 6.45) is -0.321. The fourth-order valence-corrected chi connectivity index (χ4v) is 4.09. The van der Waals surface area contributed by atoms with Crippen molar-refractivity contribution in [3.63, 3.8) is 0 Å². The minimum atomic E-state index is -1.15. The van der Waals surface area contributed by atoms with E-state index >= 15 is 0 Å². The number of hydrogen-bond acceptors (Lipinski definition) is 5. The maximum absolute atomic E-state index is 13.6. The van der Waals surface area contributed by atoms with Crippen LogP contribution >= 0.6 is 23.8 Å². The topological polar surface area (TPSA) is 91.0 Å². The van der Waals surface area contributed by atoms with Crippen molar-refractivity contribution in [2.75, 3.05) is 17.3 Å². The van der Waals surface area contributed by atoms with E-state index in [1.165, 1.54) is 30.2 Å². The molecule has 1 aliphatic heterocycles. The number of carbonyl (C=O) groups is 3. The van der Waals surface area contributed by atoms with E-state index in [1.54, 1.807) is 48.5 Å². The third-order valence-corrected chi connectivity index (χ3v) is 5.99. The number of benzene rings is 3. The molecule has 1 heterocycles. The largest absolute Gasteiger partial charge is 0.497 e. The molecule has 4 rings (SSSR count). The third kappa shape index (κ3) is 5.45. The molecular weight excluding hydrogens is 507 g/mol. The highest BCUT2D eigenvalue weighted by Crippen LogP contribution is 2.28. The van der Waals surface area contributed by atoms with Crippen molar-refractivity contribution in [2.24, 2.45) is 0 Å². The van der Waals surface area contributed by atoms with E-state index in [2.05, 4.69) is 10.7 Å². The Morgan fingerprint density at radius 1 is 1.08 bits per heavy atom. The van der Waals surface area contributed by atoms with Gasteiger partial charge in [-0.15, -0.1) is 0 Å². The lowest BCUT2D eigenvalue weighted by Gasteiger charge is -2.24. The standard InChI is InChI=1S/C25H20ClFN4O4S/c1-35-20-11-7-18(8-12-20)28-22(32)14-21-24(34)30(19-9-5-16(26)6-10-19)25(36)31(21)29-23(33)15-3-2-4-17(27)13-15/h2-13,21H,14H2,1H3,(H,28,32)(H,29,33)/t21-/m1/s1. The highest BCUT2D eigenvalue weighted by molar-refractivity contribution is 7.80. The Bertz CT molecular complexity index is 1320. The molecule has 3 amide bonds. The molecule has 36 heavy (non-hydrogen) atoms. The van der Waals surface area contributed by atoms with Crippen LogP contribution in [0.4, 0.5) is 15.8 Å². The number of hydrazine groups is 1. The van der Waals surface area contributed by atoms with Gasteiger partial charge >= 0.3 is 0 Å². The summed E-state index contributed by atoms with van der Waals surface area (Å²) in [4.78, 5) is 40.3. The van der Waals surface area contributed by atoms with Gasteiger partial charge in [0.1, 0.15) is 17.6 Å². The van der Waals surface area contributed by atoms with Crippen molar-refractivity contribution < 1.29 is 23.5 Å². The highest BCUT2D eigenvalue weighted by atomic mass is 35.5. The van der Waals surface area contributed by atoms with E-state index in [4.69, 9.17) is 28.6 Å². The zero-order chi connectivity index (χ0) is 25.8. The lowest BCUT2D eigenvalue weighted by atomic mass is 10.1. The van der Waals surface area contributed by atoms with Gasteiger partial charge in [-0.3, -0.25) is 24.7 Å². The molecule has 3 aromatic carbocycles. The Labute approximate surface area is 216 Å². The van der Waals surface area contributed by atoms with Crippen LogP contribution in [0.1, 0.15) is 16.8 Å². The van der Waals surface area contributed by atoms with E-state index in [0.717, 1.165) is 11.1 Å². The van der Waals surface area contributed by atoms with Crippen molar-refractivity contribution in [3.8, 4) is 5.75 Å². The predicted octanol–water partition coefficient (Wildman–Crippen LogP) is 4.16. The summed E-state index contributed by atoms with van der Waals surface area (Å²) in [5.74, 6) is -1.67. The van der Waals surface area contributed by atoms with Crippen LogP contribution in [0.5, 0.6) is 5.75 Å². The number of anilines is 2. The molecule has 1 aliphatic rings. The van der Waals surface area contributed by atoms with Gasteiger partial charge in [0.2, 0.25) is 11.0 Å². The molecule has 0 bridgehead atoms. The molecule has 0 unspecified atom stereocenters. The minimum Gasteiger partial charge on any atom is -0.497 e. The van der Waals surface area contributed by atoms with Crippen LogP contribution in [-0.4, -0.2) is 41.0 Å². The smallest absolute Gasteiger partial charge is 0.269 e. The molecule has 1 atom stereocenters. The maximum atomic E-state index is 13.6. The summed E-state index contributed by atoms with van der Waals surface area (Å²) in [7, 11) is 1.53. The van der Waals surface area contributed by atoms with Crippen molar-refractivity contribution in [1.29, 1.82) is 0 Å². The molecule has 3 aromatic rings. The Morgan fingerprint density at radius 2 is 1.78 bits per heavy atom. The van der Waals surface area contributed by atoms with Gasteiger partial charge in [-0.25, -0.2) is 9.40 Å². The zero-order valence-corrected chi connectivity index (χ0v) is 20.5. The first-order valence-corrected chi connectivity index (χ1v) is 11.5. The molecule has 1 saturated heterocycles. The fraction of sp³-hybridized carbons (Fsp3) is 0.120. The maximum Gasteiger partial charge on any atom is 0.269 e. The van der Waals surface area contributed by atoms with Crippen LogP contribution in [0, 0.1) is 5.82 Å². The van der Waals surface area contributed by atoms with Crippen molar-refractivity contribution in [1.82, 2.24) is 10.4 Å². The van der Waals surface area contributed by atoms with E-state index in [1.807, 2.05) is 0 Å². The van der Waals surface area contributed by atoms with Gasteiger partial charge in [-0.05, 0) is 78.9 Å². The number of hydrogen-bond donors (Lipinski definition) is 2. The second-order valence-corrected chi connectivity index (χ2v) is 8.55. The van der Waals surface area contributed by atoms with Crippen molar-refractivity contribution >= 4 is 58.0 Å².